The number of hydrogen-bond acceptors (Lipinski definition) is 5. The molecule has 0 spiro atoms. The lowest BCUT2D eigenvalue weighted by molar-refractivity contribution is 0.568. The smallest absolute Gasteiger partial charge is 0.127 e. The van der Waals surface area contributed by atoms with Gasteiger partial charge in [-0.3, -0.25) is 5.32 Å². The Balaban J connectivity index is 1.59. The van der Waals surface area contributed by atoms with E-state index in [0.29, 0.717) is 0 Å². The minimum atomic E-state index is 0.00214. The summed E-state index contributed by atoms with van der Waals surface area (Å²) in [6, 6.07) is 20.0. The molecule has 1 aliphatic rings. The summed E-state index contributed by atoms with van der Waals surface area (Å²) in [7, 11) is 0. The second-order valence-electron chi connectivity index (χ2n) is 5.38. The van der Waals surface area contributed by atoms with Crippen molar-refractivity contribution in [2.75, 3.05) is 10.6 Å². The van der Waals surface area contributed by atoms with Crippen LogP contribution in [0.1, 0.15) is 23.5 Å². The Morgan fingerprint density at radius 1 is 0.652 bits per heavy atom. The lowest BCUT2D eigenvalue weighted by Crippen LogP contribution is -2.28. The van der Waals surface area contributed by atoms with E-state index in [2.05, 4.69) is 50.2 Å². The standard InChI is InChI=1S/C18H17N5/c1-2-8-14-13(7-1)17(21-15-9-3-5-11-19-15)23-18(14)22-16-10-4-6-12-20-16/h1-12,17-18,23H,(H,19,21)(H,20,22). The summed E-state index contributed by atoms with van der Waals surface area (Å²) in [6.07, 6.45) is 3.57. The summed E-state index contributed by atoms with van der Waals surface area (Å²) in [6.45, 7) is 0. The number of benzene rings is 1. The van der Waals surface area contributed by atoms with Crippen molar-refractivity contribution in [1.29, 1.82) is 0 Å². The predicted molar refractivity (Wildman–Crippen MR) is 90.8 cm³/mol. The maximum atomic E-state index is 4.34. The number of fused-ring (bicyclic) bond motifs is 1. The van der Waals surface area contributed by atoms with Gasteiger partial charge in [-0.1, -0.05) is 36.4 Å². The molecule has 23 heavy (non-hydrogen) atoms. The minimum Gasteiger partial charge on any atom is -0.351 e. The summed E-state index contributed by atoms with van der Waals surface area (Å²) < 4.78 is 0. The first-order chi connectivity index (χ1) is 11.4. The van der Waals surface area contributed by atoms with Crippen LogP contribution in [0.5, 0.6) is 0 Å². The van der Waals surface area contributed by atoms with Gasteiger partial charge in [0.05, 0.1) is 0 Å². The maximum absolute atomic E-state index is 4.34. The van der Waals surface area contributed by atoms with Crippen LogP contribution in [0.3, 0.4) is 0 Å². The van der Waals surface area contributed by atoms with Crippen LogP contribution in [0.25, 0.3) is 0 Å². The molecule has 5 nitrogen and oxygen atoms in total. The van der Waals surface area contributed by atoms with Crippen molar-refractivity contribution in [2.24, 2.45) is 0 Å². The highest BCUT2D eigenvalue weighted by Crippen LogP contribution is 2.33. The monoisotopic (exact) mass is 303 g/mol. The number of anilines is 2. The summed E-state index contributed by atoms with van der Waals surface area (Å²) in [5, 5.41) is 10.4. The van der Waals surface area contributed by atoms with Crippen molar-refractivity contribution < 1.29 is 0 Å². The van der Waals surface area contributed by atoms with E-state index in [1.807, 2.05) is 36.4 Å². The number of pyridine rings is 2. The van der Waals surface area contributed by atoms with E-state index in [1.54, 1.807) is 12.4 Å². The van der Waals surface area contributed by atoms with Gasteiger partial charge in [0.15, 0.2) is 0 Å². The Bertz CT molecular complexity index is 709. The van der Waals surface area contributed by atoms with Gasteiger partial charge in [0.2, 0.25) is 0 Å². The summed E-state index contributed by atoms with van der Waals surface area (Å²) in [4.78, 5) is 8.68. The number of hydrogen-bond donors (Lipinski definition) is 3. The van der Waals surface area contributed by atoms with E-state index < -0.39 is 0 Å². The molecular weight excluding hydrogens is 286 g/mol. The molecule has 3 heterocycles. The predicted octanol–water partition coefficient (Wildman–Crippen LogP) is 3.30. The van der Waals surface area contributed by atoms with Gasteiger partial charge in [0, 0.05) is 12.4 Å². The molecule has 0 aliphatic carbocycles. The van der Waals surface area contributed by atoms with Gasteiger partial charge in [-0.2, -0.15) is 0 Å². The number of rotatable bonds is 4. The minimum absolute atomic E-state index is 0.00214. The molecule has 3 aromatic rings. The fraction of sp³-hybridized carbons (Fsp3) is 0.111. The molecule has 1 aromatic carbocycles. The molecule has 5 heteroatoms. The van der Waals surface area contributed by atoms with Gasteiger partial charge in [-0.05, 0) is 35.4 Å². The molecule has 2 aromatic heterocycles. The normalized spacial score (nSPS) is 19.1. The Labute approximate surface area is 134 Å². The summed E-state index contributed by atoms with van der Waals surface area (Å²) >= 11 is 0. The van der Waals surface area contributed by atoms with Gasteiger partial charge < -0.3 is 10.6 Å². The maximum Gasteiger partial charge on any atom is 0.127 e. The number of nitrogens with zero attached hydrogens (tertiary/aromatic N) is 2. The summed E-state index contributed by atoms with van der Waals surface area (Å²) in [5.74, 6) is 1.69. The Morgan fingerprint density at radius 2 is 1.13 bits per heavy atom. The largest absolute Gasteiger partial charge is 0.351 e. The van der Waals surface area contributed by atoms with Gasteiger partial charge >= 0.3 is 0 Å². The lowest BCUT2D eigenvalue weighted by atomic mass is 10.1. The molecule has 4 rings (SSSR count). The van der Waals surface area contributed by atoms with Crippen molar-refractivity contribution in [2.45, 2.75) is 12.3 Å². The lowest BCUT2D eigenvalue weighted by Gasteiger charge is -2.18. The molecular formula is C18H17N5. The third-order valence-corrected chi connectivity index (χ3v) is 3.87. The Kier molecular flexibility index (Phi) is 3.62. The molecule has 0 bridgehead atoms. The first kappa shape index (κ1) is 13.7. The molecule has 114 valence electrons. The molecule has 3 N–H and O–H groups in total. The van der Waals surface area contributed by atoms with Crippen molar-refractivity contribution >= 4 is 11.6 Å². The topological polar surface area (TPSA) is 61.9 Å². The quantitative estimate of drug-likeness (QED) is 0.690. The SMILES string of the molecule is c1ccc(NC2NC(Nc3ccccn3)c3ccccc32)nc1. The number of nitrogens with one attached hydrogen (secondary N) is 3. The third kappa shape index (κ3) is 2.86. The molecule has 0 saturated heterocycles. The highest BCUT2D eigenvalue weighted by Gasteiger charge is 2.30. The van der Waals surface area contributed by atoms with Crippen molar-refractivity contribution in [3.8, 4) is 0 Å². The molecule has 2 unspecified atom stereocenters. The van der Waals surface area contributed by atoms with Crippen LogP contribution in [0.2, 0.25) is 0 Å². The van der Waals surface area contributed by atoms with Gasteiger partial charge in [-0.25, -0.2) is 9.97 Å². The number of aromatic nitrogens is 2. The second-order valence-corrected chi connectivity index (χ2v) is 5.38. The van der Waals surface area contributed by atoms with Crippen LogP contribution < -0.4 is 16.0 Å². The van der Waals surface area contributed by atoms with Crippen molar-refractivity contribution in [3.05, 3.63) is 84.2 Å². The summed E-state index contributed by atoms with van der Waals surface area (Å²) in [5.41, 5.74) is 2.43. The highest BCUT2D eigenvalue weighted by atomic mass is 15.3. The molecule has 0 fully saturated rings. The van der Waals surface area contributed by atoms with E-state index in [4.69, 9.17) is 0 Å². The highest BCUT2D eigenvalue weighted by molar-refractivity contribution is 5.47. The van der Waals surface area contributed by atoms with Crippen LogP contribution in [0.15, 0.2) is 73.1 Å². The van der Waals surface area contributed by atoms with E-state index in [1.165, 1.54) is 11.1 Å². The zero-order valence-electron chi connectivity index (χ0n) is 12.5. The van der Waals surface area contributed by atoms with Crippen molar-refractivity contribution in [3.63, 3.8) is 0 Å². The van der Waals surface area contributed by atoms with Gasteiger partial charge in [0.1, 0.15) is 24.0 Å². The first-order valence-electron chi connectivity index (χ1n) is 7.60. The van der Waals surface area contributed by atoms with E-state index >= 15 is 0 Å². The van der Waals surface area contributed by atoms with Crippen LogP contribution in [0.4, 0.5) is 11.6 Å². The molecule has 2 atom stereocenters. The van der Waals surface area contributed by atoms with E-state index in [9.17, 15) is 0 Å². The van der Waals surface area contributed by atoms with Gasteiger partial charge in [-0.15, -0.1) is 0 Å². The molecule has 0 saturated carbocycles. The fourth-order valence-electron chi connectivity index (χ4n) is 2.81. The molecule has 0 radical (unpaired) electrons. The van der Waals surface area contributed by atoms with Crippen LogP contribution in [-0.4, -0.2) is 9.97 Å². The fourth-order valence-corrected chi connectivity index (χ4v) is 2.81. The molecule has 0 amide bonds. The average molecular weight is 303 g/mol. The van der Waals surface area contributed by atoms with Crippen LogP contribution in [0, 0.1) is 0 Å². The van der Waals surface area contributed by atoms with E-state index in [-0.39, 0.29) is 12.3 Å². The first-order valence-corrected chi connectivity index (χ1v) is 7.60. The Morgan fingerprint density at radius 3 is 1.57 bits per heavy atom. The third-order valence-electron chi connectivity index (χ3n) is 3.87. The molecule has 1 aliphatic heterocycles. The Hall–Kier alpha value is -2.92. The average Bonchev–Trinajstić information content (AvgIpc) is 2.95. The van der Waals surface area contributed by atoms with Crippen molar-refractivity contribution in [1.82, 2.24) is 15.3 Å². The second kappa shape index (κ2) is 6.06. The zero-order valence-corrected chi connectivity index (χ0v) is 12.5. The van der Waals surface area contributed by atoms with Gasteiger partial charge in [0.25, 0.3) is 0 Å². The van der Waals surface area contributed by atoms with E-state index in [0.717, 1.165) is 11.6 Å². The van der Waals surface area contributed by atoms with Crippen LogP contribution in [-0.2, 0) is 0 Å². The zero-order chi connectivity index (χ0) is 15.5. The van der Waals surface area contributed by atoms with Crippen LogP contribution >= 0.6 is 0 Å².